The smallest absolute Gasteiger partial charge is 0.306 e. The van der Waals surface area contributed by atoms with E-state index < -0.39 is 30.7 Å². The zero-order chi connectivity index (χ0) is 35.9. The number of aliphatic hydroxyl groups is 2. The molecule has 0 aromatic carbocycles. The van der Waals surface area contributed by atoms with Gasteiger partial charge in [0.2, 0.25) is 0 Å². The molecule has 11 heteroatoms. The van der Waals surface area contributed by atoms with Gasteiger partial charge in [0.1, 0.15) is 24.4 Å². The van der Waals surface area contributed by atoms with E-state index >= 15 is 0 Å². The van der Waals surface area contributed by atoms with Gasteiger partial charge in [-0.05, 0) is 109 Å². The molecule has 6 rings (SSSR count). The number of cyclic esters (lactones) is 1. The summed E-state index contributed by atoms with van der Waals surface area (Å²) in [5.74, 6) is -0.315. The largest absolute Gasteiger partial charge is 0.462 e. The van der Waals surface area contributed by atoms with Crippen molar-refractivity contribution in [2.75, 3.05) is 21.2 Å². The van der Waals surface area contributed by atoms with Crippen LogP contribution in [0.25, 0.3) is 0 Å². The summed E-state index contributed by atoms with van der Waals surface area (Å²) in [6, 6.07) is 0.328. The molecule has 3 aliphatic carbocycles. The molecule has 2 N–H and O–H groups in total. The number of nitrogens with zero attached hydrogens (tertiary/aromatic N) is 1. The molecule has 1 saturated carbocycles. The van der Waals surface area contributed by atoms with Crippen molar-refractivity contribution in [2.45, 2.75) is 153 Å². The number of fused-ring (bicyclic) bond motifs is 5. The molecule has 17 atom stereocenters. The number of rotatable bonds is 7. The Balaban J connectivity index is 1.20. The highest BCUT2D eigenvalue weighted by molar-refractivity contribution is 5.99. The maximum Gasteiger partial charge on any atom is 0.306 e. The lowest BCUT2D eigenvalue weighted by molar-refractivity contribution is -0.307. The zero-order valence-electron chi connectivity index (χ0n) is 31.0. The van der Waals surface area contributed by atoms with E-state index in [4.69, 9.17) is 28.4 Å². The Morgan fingerprint density at radius 2 is 1.70 bits per heavy atom. The number of aliphatic hydroxyl groups excluding tert-OH is 2. The standard InChI is InChI=1S/C39H61NO10/c1-8-24-10-9-11-32(50-34-15-14-31(40(5)6)21(3)46-34)20(2)35(42)30-18-28-26(29(30)19-33(41)48-24)13-12-23-16-25(17-27(23)28)49-39-37(44)38(45-7)36(43)22(4)47-39/h12-13,18,20-29,31-32,34,36-39,43-44H,8-11,14-17,19H2,1-7H3/t20-,21-,22+,23-,24+,25-,26-,27-,28-,29+,31+,32+,34+,36+,37-,38-,39+/m1/s1. The first-order valence-corrected chi connectivity index (χ1v) is 19.2. The molecule has 0 unspecified atom stereocenters. The highest BCUT2D eigenvalue weighted by Crippen LogP contribution is 2.54. The van der Waals surface area contributed by atoms with Gasteiger partial charge in [-0.15, -0.1) is 0 Å². The van der Waals surface area contributed by atoms with Crippen LogP contribution in [0.15, 0.2) is 23.8 Å². The van der Waals surface area contributed by atoms with Crippen molar-refractivity contribution >= 4 is 11.8 Å². The third-order valence-corrected chi connectivity index (χ3v) is 12.8. The van der Waals surface area contributed by atoms with Gasteiger partial charge in [-0.2, -0.15) is 0 Å². The van der Waals surface area contributed by atoms with Crippen LogP contribution in [-0.4, -0.2) is 116 Å². The van der Waals surface area contributed by atoms with E-state index in [-0.39, 0.29) is 84.4 Å². The van der Waals surface area contributed by atoms with Crippen molar-refractivity contribution in [1.82, 2.24) is 4.90 Å². The minimum atomic E-state index is -1.12. The third kappa shape index (κ3) is 7.81. The topological polar surface area (TPSA) is 133 Å². The molecule has 3 aliphatic heterocycles. The van der Waals surface area contributed by atoms with Crippen molar-refractivity contribution in [2.24, 2.45) is 35.5 Å². The van der Waals surface area contributed by atoms with Crippen LogP contribution in [0, 0.1) is 35.5 Å². The van der Waals surface area contributed by atoms with Crippen LogP contribution in [-0.2, 0) is 38.0 Å². The SMILES string of the molecule is CC[C@H]1CCC[C@H](O[C@H]2CC[C@H](N(C)C)[C@@H](C)O2)[C@@H](C)C(=O)C2=C[C@@H]3[C@@H](C=C[C@@H]4C[C@@H](O[C@@H]5O[C@@H](C)[C@H](O)[C@@H](OC)[C@H]5O)C[C@@H]34)[C@@H]2CC(=O)O1. The minimum absolute atomic E-state index is 0.00569. The van der Waals surface area contributed by atoms with Crippen LogP contribution in [0.2, 0.25) is 0 Å². The van der Waals surface area contributed by atoms with E-state index in [0.29, 0.717) is 12.5 Å². The van der Waals surface area contributed by atoms with Gasteiger partial charge < -0.3 is 43.5 Å². The summed E-state index contributed by atoms with van der Waals surface area (Å²) < 4.78 is 36.7. The van der Waals surface area contributed by atoms with Crippen molar-refractivity contribution in [3.63, 3.8) is 0 Å². The summed E-state index contributed by atoms with van der Waals surface area (Å²) in [5.41, 5.74) is 0.726. The van der Waals surface area contributed by atoms with Gasteiger partial charge in [-0.25, -0.2) is 0 Å². The van der Waals surface area contributed by atoms with Crippen LogP contribution in [0.5, 0.6) is 0 Å². The first kappa shape index (κ1) is 38.0. The quantitative estimate of drug-likeness (QED) is 0.292. The molecule has 0 bridgehead atoms. The molecule has 282 valence electrons. The van der Waals surface area contributed by atoms with Gasteiger partial charge in [0.15, 0.2) is 18.4 Å². The average molecular weight is 704 g/mol. The molecular weight excluding hydrogens is 642 g/mol. The Kier molecular flexibility index (Phi) is 12.3. The number of allylic oxidation sites excluding steroid dienone is 4. The van der Waals surface area contributed by atoms with Crippen LogP contribution >= 0.6 is 0 Å². The lowest BCUT2D eigenvalue weighted by atomic mass is 9.70. The first-order valence-electron chi connectivity index (χ1n) is 19.2. The van der Waals surface area contributed by atoms with E-state index in [1.165, 1.54) is 7.11 Å². The minimum Gasteiger partial charge on any atom is -0.462 e. The summed E-state index contributed by atoms with van der Waals surface area (Å²) in [7, 11) is 5.62. The Bertz CT molecular complexity index is 1260. The molecule has 3 heterocycles. The Hall–Kier alpha value is -1.70. The molecule has 6 aliphatic rings. The fraction of sp³-hybridized carbons (Fsp3) is 0.846. The van der Waals surface area contributed by atoms with E-state index in [0.717, 1.165) is 50.5 Å². The molecular formula is C39H61NO10. The van der Waals surface area contributed by atoms with Crippen LogP contribution in [0.3, 0.4) is 0 Å². The highest BCUT2D eigenvalue weighted by atomic mass is 16.7. The number of Topliss-reactive ketones (excluding diaryl/α,β-unsaturated/α-hetero) is 1. The number of hydrogen-bond donors (Lipinski definition) is 2. The van der Waals surface area contributed by atoms with E-state index in [1.54, 1.807) is 6.92 Å². The second-order valence-electron chi connectivity index (χ2n) is 16.1. The van der Waals surface area contributed by atoms with Crippen molar-refractivity contribution < 1.29 is 48.2 Å². The van der Waals surface area contributed by atoms with Gasteiger partial charge >= 0.3 is 5.97 Å². The van der Waals surface area contributed by atoms with Crippen LogP contribution in [0.4, 0.5) is 0 Å². The molecule has 0 spiro atoms. The highest BCUT2D eigenvalue weighted by Gasteiger charge is 2.52. The summed E-state index contributed by atoms with van der Waals surface area (Å²) in [4.78, 5) is 30.2. The molecule has 0 radical (unpaired) electrons. The Morgan fingerprint density at radius 1 is 0.920 bits per heavy atom. The lowest BCUT2D eigenvalue weighted by Crippen LogP contribution is -2.58. The molecule has 0 aromatic rings. The monoisotopic (exact) mass is 703 g/mol. The number of carbonyl (C=O) groups excluding carboxylic acids is 2. The Morgan fingerprint density at radius 3 is 2.40 bits per heavy atom. The van der Waals surface area contributed by atoms with Crippen molar-refractivity contribution in [1.29, 1.82) is 0 Å². The van der Waals surface area contributed by atoms with Gasteiger partial charge in [0.25, 0.3) is 0 Å². The number of hydrogen-bond acceptors (Lipinski definition) is 11. The van der Waals surface area contributed by atoms with Gasteiger partial charge in [-0.1, -0.05) is 32.1 Å². The molecule has 50 heavy (non-hydrogen) atoms. The third-order valence-electron chi connectivity index (χ3n) is 12.8. The summed E-state index contributed by atoms with van der Waals surface area (Å²) in [6.07, 6.45) is 7.69. The number of carbonyl (C=O) groups is 2. The first-order chi connectivity index (χ1) is 23.9. The van der Waals surface area contributed by atoms with Crippen LogP contribution in [0.1, 0.15) is 85.5 Å². The fourth-order valence-electron chi connectivity index (χ4n) is 9.86. The molecule has 0 amide bonds. The second-order valence-corrected chi connectivity index (χ2v) is 16.1. The second kappa shape index (κ2) is 16.1. The molecule has 3 saturated heterocycles. The predicted octanol–water partition coefficient (Wildman–Crippen LogP) is 4.18. The maximum absolute atomic E-state index is 14.6. The summed E-state index contributed by atoms with van der Waals surface area (Å²) in [6.45, 7) is 7.88. The van der Waals surface area contributed by atoms with E-state index in [1.807, 2.05) is 6.92 Å². The number of methoxy groups -OCH3 is 1. The van der Waals surface area contributed by atoms with Gasteiger partial charge in [0, 0.05) is 25.0 Å². The van der Waals surface area contributed by atoms with Crippen molar-refractivity contribution in [3.8, 4) is 0 Å². The molecule has 4 fully saturated rings. The Labute approximate surface area is 298 Å². The lowest BCUT2D eigenvalue weighted by Gasteiger charge is -2.41. The van der Waals surface area contributed by atoms with E-state index in [9.17, 15) is 19.8 Å². The van der Waals surface area contributed by atoms with Crippen LogP contribution < -0.4 is 0 Å². The van der Waals surface area contributed by atoms with Gasteiger partial charge in [-0.3, -0.25) is 9.59 Å². The number of likely N-dealkylation sites (N-methyl/N-ethyl adjacent to an activating group) is 1. The summed E-state index contributed by atoms with van der Waals surface area (Å²) in [5, 5.41) is 21.3. The maximum atomic E-state index is 14.6. The summed E-state index contributed by atoms with van der Waals surface area (Å²) >= 11 is 0. The van der Waals surface area contributed by atoms with Gasteiger partial charge in [0.05, 0.1) is 30.8 Å². The van der Waals surface area contributed by atoms with Crippen molar-refractivity contribution in [3.05, 3.63) is 23.8 Å². The number of ether oxygens (including phenoxy) is 6. The normalized spacial score (nSPS) is 47.1. The molecule has 0 aromatic heterocycles. The number of esters is 1. The molecule has 11 nitrogen and oxygen atoms in total. The fourth-order valence-corrected chi connectivity index (χ4v) is 9.86. The number of ketones is 1. The zero-order valence-corrected chi connectivity index (χ0v) is 31.0. The predicted molar refractivity (Wildman–Crippen MR) is 185 cm³/mol. The van der Waals surface area contributed by atoms with E-state index in [2.05, 4.69) is 51.1 Å². The average Bonchev–Trinajstić information content (AvgIpc) is 3.66.